The summed E-state index contributed by atoms with van der Waals surface area (Å²) in [4.78, 5) is 4.48. The molecular weight excluding hydrogens is 355 g/mol. The summed E-state index contributed by atoms with van der Waals surface area (Å²) in [5.41, 5.74) is 1.57. The number of aliphatic hydroxyl groups is 1. The zero-order valence-electron chi connectivity index (χ0n) is 14.7. The molecule has 0 radical (unpaired) electrons. The first kappa shape index (κ1) is 19.1. The summed E-state index contributed by atoms with van der Waals surface area (Å²) in [7, 11) is 0. The summed E-state index contributed by atoms with van der Waals surface area (Å²) >= 11 is 6.26. The van der Waals surface area contributed by atoms with E-state index in [1.807, 2.05) is 24.3 Å². The number of nitrogens with zero attached hydrogens (tertiary/aromatic N) is 2. The second kappa shape index (κ2) is 9.33. The van der Waals surface area contributed by atoms with Gasteiger partial charge in [0.25, 0.3) is 0 Å². The molecule has 1 N–H and O–H groups in total. The van der Waals surface area contributed by atoms with Crippen molar-refractivity contribution in [1.29, 1.82) is 0 Å². The highest BCUT2D eigenvalue weighted by molar-refractivity contribution is 6.33. The summed E-state index contributed by atoms with van der Waals surface area (Å²) in [6, 6.07) is 14.4. The molecule has 1 atom stereocenters. The van der Waals surface area contributed by atoms with E-state index in [0.29, 0.717) is 12.1 Å². The van der Waals surface area contributed by atoms with E-state index >= 15 is 0 Å². The quantitative estimate of drug-likeness (QED) is 0.802. The predicted molar refractivity (Wildman–Crippen MR) is 102 cm³/mol. The van der Waals surface area contributed by atoms with Crippen molar-refractivity contribution < 1.29 is 14.2 Å². The monoisotopic (exact) mass is 378 g/mol. The van der Waals surface area contributed by atoms with Crippen LogP contribution in [-0.2, 0) is 11.3 Å². The highest BCUT2D eigenvalue weighted by Gasteiger charge is 2.20. The molecule has 2 aromatic carbocycles. The number of halogens is 2. The maximum atomic E-state index is 13.5. The number of benzene rings is 2. The Balaban J connectivity index is 1.39. The molecule has 1 aliphatic rings. The fourth-order valence-electron chi connectivity index (χ4n) is 3.15. The first-order valence-corrected chi connectivity index (χ1v) is 9.22. The Morgan fingerprint density at radius 2 is 1.73 bits per heavy atom. The molecule has 3 rings (SSSR count). The van der Waals surface area contributed by atoms with Gasteiger partial charge in [-0.3, -0.25) is 4.90 Å². The van der Waals surface area contributed by atoms with Gasteiger partial charge in [-0.15, -0.1) is 0 Å². The topological polar surface area (TPSA) is 35.9 Å². The van der Waals surface area contributed by atoms with E-state index < -0.39 is 6.10 Å². The van der Waals surface area contributed by atoms with E-state index in [-0.39, 0.29) is 19.0 Å². The highest BCUT2D eigenvalue weighted by Crippen LogP contribution is 2.26. The molecule has 0 spiro atoms. The summed E-state index contributed by atoms with van der Waals surface area (Å²) in [5.74, 6) is -0.280. The number of piperazine rings is 1. The fraction of sp³-hybridized carbons (Fsp3) is 0.400. The van der Waals surface area contributed by atoms with Crippen LogP contribution < -0.4 is 4.90 Å². The molecule has 6 heteroatoms. The van der Waals surface area contributed by atoms with Gasteiger partial charge in [-0.05, 0) is 18.2 Å². The maximum Gasteiger partial charge on any atom is 0.128 e. The van der Waals surface area contributed by atoms with E-state index in [1.54, 1.807) is 18.2 Å². The van der Waals surface area contributed by atoms with Crippen LogP contribution in [0.2, 0.25) is 5.02 Å². The van der Waals surface area contributed by atoms with Crippen LogP contribution in [0.5, 0.6) is 0 Å². The van der Waals surface area contributed by atoms with Crippen LogP contribution in [0.1, 0.15) is 5.56 Å². The lowest BCUT2D eigenvalue weighted by atomic mass is 10.2. The Morgan fingerprint density at radius 1 is 1.04 bits per heavy atom. The maximum absolute atomic E-state index is 13.5. The standard InChI is InChI=1S/C20H24ClFN2O2/c21-18-6-2-4-8-20(18)24-11-9-23(10-12-24)13-17(25)15-26-14-16-5-1-3-7-19(16)22/h1-8,17,25H,9-15H2. The molecule has 1 unspecified atom stereocenters. The van der Waals surface area contributed by atoms with Crippen molar-refractivity contribution in [2.75, 3.05) is 44.2 Å². The van der Waals surface area contributed by atoms with Gasteiger partial charge in [-0.2, -0.15) is 0 Å². The third-order valence-electron chi connectivity index (χ3n) is 4.56. The van der Waals surface area contributed by atoms with Crippen molar-refractivity contribution in [3.8, 4) is 0 Å². The third-order valence-corrected chi connectivity index (χ3v) is 4.88. The normalized spacial score (nSPS) is 16.7. The van der Waals surface area contributed by atoms with Crippen LogP contribution in [0, 0.1) is 5.82 Å². The average molecular weight is 379 g/mol. The predicted octanol–water partition coefficient (Wildman–Crippen LogP) is 3.18. The second-order valence-corrected chi connectivity index (χ2v) is 6.91. The zero-order valence-corrected chi connectivity index (χ0v) is 15.4. The van der Waals surface area contributed by atoms with Crippen molar-refractivity contribution in [2.45, 2.75) is 12.7 Å². The number of rotatable bonds is 7. The third kappa shape index (κ3) is 5.17. The number of para-hydroxylation sites is 1. The van der Waals surface area contributed by atoms with Crippen LogP contribution in [-0.4, -0.2) is 55.4 Å². The van der Waals surface area contributed by atoms with Gasteiger partial charge >= 0.3 is 0 Å². The molecule has 4 nitrogen and oxygen atoms in total. The van der Waals surface area contributed by atoms with Crippen LogP contribution in [0.3, 0.4) is 0 Å². The minimum Gasteiger partial charge on any atom is -0.389 e. The Kier molecular flexibility index (Phi) is 6.86. The average Bonchev–Trinajstić information content (AvgIpc) is 2.64. The molecule has 0 aromatic heterocycles. The summed E-state index contributed by atoms with van der Waals surface area (Å²) in [6.07, 6.45) is -0.589. The van der Waals surface area contributed by atoms with Crippen molar-refractivity contribution in [3.63, 3.8) is 0 Å². The fourth-order valence-corrected chi connectivity index (χ4v) is 3.41. The molecule has 1 saturated heterocycles. The Labute approximate surface area is 158 Å². The first-order valence-electron chi connectivity index (χ1n) is 8.84. The molecule has 1 aliphatic heterocycles. The summed E-state index contributed by atoms with van der Waals surface area (Å²) in [5, 5.41) is 10.9. The number of aliphatic hydroxyl groups excluding tert-OH is 1. The van der Waals surface area contributed by atoms with E-state index in [1.165, 1.54) is 6.07 Å². The van der Waals surface area contributed by atoms with Gasteiger partial charge in [-0.25, -0.2) is 4.39 Å². The lowest BCUT2D eigenvalue weighted by Crippen LogP contribution is -2.49. The van der Waals surface area contributed by atoms with Gasteiger partial charge in [0.15, 0.2) is 0 Å². The Morgan fingerprint density at radius 3 is 2.46 bits per heavy atom. The number of anilines is 1. The molecule has 0 saturated carbocycles. The number of ether oxygens (including phenoxy) is 1. The van der Waals surface area contributed by atoms with Gasteiger partial charge in [0.2, 0.25) is 0 Å². The smallest absolute Gasteiger partial charge is 0.128 e. The van der Waals surface area contributed by atoms with Crippen LogP contribution in [0.15, 0.2) is 48.5 Å². The first-order chi connectivity index (χ1) is 12.6. The molecular formula is C20H24ClFN2O2. The lowest BCUT2D eigenvalue weighted by Gasteiger charge is -2.37. The van der Waals surface area contributed by atoms with E-state index in [4.69, 9.17) is 16.3 Å². The number of hydrogen-bond acceptors (Lipinski definition) is 4. The summed E-state index contributed by atoms with van der Waals surface area (Å²) < 4.78 is 19.0. The largest absolute Gasteiger partial charge is 0.389 e. The SMILES string of the molecule is OC(COCc1ccccc1F)CN1CCN(c2ccccc2Cl)CC1. The second-order valence-electron chi connectivity index (χ2n) is 6.50. The van der Waals surface area contributed by atoms with Crippen LogP contribution >= 0.6 is 11.6 Å². The molecule has 1 fully saturated rings. The number of hydrogen-bond donors (Lipinski definition) is 1. The zero-order chi connectivity index (χ0) is 18.4. The van der Waals surface area contributed by atoms with Crippen molar-refractivity contribution in [2.24, 2.45) is 0 Å². The van der Waals surface area contributed by atoms with Crippen molar-refractivity contribution in [1.82, 2.24) is 4.90 Å². The van der Waals surface area contributed by atoms with Crippen LogP contribution in [0.4, 0.5) is 10.1 Å². The van der Waals surface area contributed by atoms with E-state index in [9.17, 15) is 9.50 Å². The Bertz CT molecular complexity index is 708. The minimum absolute atomic E-state index is 0.171. The van der Waals surface area contributed by atoms with Gasteiger partial charge < -0.3 is 14.7 Å². The van der Waals surface area contributed by atoms with E-state index in [2.05, 4.69) is 9.80 Å². The minimum atomic E-state index is -0.589. The van der Waals surface area contributed by atoms with Gasteiger partial charge in [0.05, 0.1) is 30.0 Å². The Hall–Kier alpha value is -1.66. The lowest BCUT2D eigenvalue weighted by molar-refractivity contribution is 0.00839. The summed E-state index contributed by atoms with van der Waals surface area (Å²) in [6.45, 7) is 4.36. The molecule has 2 aromatic rings. The number of β-amino-alcohol motifs (C(OH)–C–C–N with tert-alkyl or cyclic N) is 1. The molecule has 140 valence electrons. The van der Waals surface area contributed by atoms with Crippen molar-refractivity contribution >= 4 is 17.3 Å². The van der Waals surface area contributed by atoms with Crippen LogP contribution in [0.25, 0.3) is 0 Å². The van der Waals surface area contributed by atoms with Gasteiger partial charge in [-0.1, -0.05) is 41.9 Å². The molecule has 0 bridgehead atoms. The molecule has 1 heterocycles. The molecule has 0 amide bonds. The van der Waals surface area contributed by atoms with E-state index in [0.717, 1.165) is 36.9 Å². The van der Waals surface area contributed by atoms with Crippen molar-refractivity contribution in [3.05, 3.63) is 64.9 Å². The highest BCUT2D eigenvalue weighted by atomic mass is 35.5. The molecule has 0 aliphatic carbocycles. The van der Waals surface area contributed by atoms with Gasteiger partial charge in [0.1, 0.15) is 5.82 Å². The van der Waals surface area contributed by atoms with Gasteiger partial charge in [0, 0.05) is 38.3 Å². The molecule has 26 heavy (non-hydrogen) atoms.